The molecule has 0 radical (unpaired) electrons. The zero-order valence-electron chi connectivity index (χ0n) is 11.6. The van der Waals surface area contributed by atoms with Crippen molar-refractivity contribution in [3.05, 3.63) is 23.4 Å². The van der Waals surface area contributed by atoms with Crippen LogP contribution < -0.4 is 0 Å². The van der Waals surface area contributed by atoms with Crippen LogP contribution in [0.25, 0.3) is 0 Å². The Balaban J connectivity index is 1.78. The van der Waals surface area contributed by atoms with Crippen LogP contribution in [-0.2, 0) is 4.79 Å². The van der Waals surface area contributed by atoms with Crippen molar-refractivity contribution in [2.24, 2.45) is 5.92 Å². The molecule has 19 heavy (non-hydrogen) atoms. The molecule has 0 aromatic carbocycles. The summed E-state index contributed by atoms with van der Waals surface area (Å²) in [4.78, 5) is 14.4. The summed E-state index contributed by atoms with van der Waals surface area (Å²) in [5.41, 5.74) is 3.55. The van der Waals surface area contributed by atoms with Crippen molar-refractivity contribution in [3.8, 4) is 0 Å². The van der Waals surface area contributed by atoms with E-state index in [1.165, 1.54) is 51.4 Å². The SMILES string of the molecule is O=C1C=CN2C3CCCCC3=C3CCCCC3C2C1. The molecule has 4 rings (SSSR count). The van der Waals surface area contributed by atoms with Crippen molar-refractivity contribution in [2.75, 3.05) is 0 Å². The predicted molar refractivity (Wildman–Crippen MR) is 75.6 cm³/mol. The van der Waals surface area contributed by atoms with Gasteiger partial charge in [0.05, 0.1) is 6.04 Å². The van der Waals surface area contributed by atoms with Gasteiger partial charge in [0, 0.05) is 24.6 Å². The summed E-state index contributed by atoms with van der Waals surface area (Å²) in [6, 6.07) is 1.12. The number of hydrogen-bond donors (Lipinski definition) is 0. The van der Waals surface area contributed by atoms with Gasteiger partial charge in [-0.05, 0) is 50.2 Å². The van der Waals surface area contributed by atoms with Crippen LogP contribution in [0.2, 0.25) is 0 Å². The van der Waals surface area contributed by atoms with Gasteiger partial charge < -0.3 is 4.90 Å². The lowest BCUT2D eigenvalue weighted by molar-refractivity contribution is -0.117. The topological polar surface area (TPSA) is 20.3 Å². The Hall–Kier alpha value is -1.05. The largest absolute Gasteiger partial charge is 0.367 e. The van der Waals surface area contributed by atoms with Crippen LogP contribution in [0.5, 0.6) is 0 Å². The van der Waals surface area contributed by atoms with Crippen LogP contribution in [0.3, 0.4) is 0 Å². The van der Waals surface area contributed by atoms with Gasteiger partial charge in [0.25, 0.3) is 0 Å². The minimum absolute atomic E-state index is 0.338. The number of rotatable bonds is 0. The Labute approximate surface area is 115 Å². The van der Waals surface area contributed by atoms with E-state index >= 15 is 0 Å². The molecule has 2 heterocycles. The molecule has 0 bridgehead atoms. The number of allylic oxidation sites excluding steroid dienone is 1. The molecular weight excluding hydrogens is 234 g/mol. The zero-order chi connectivity index (χ0) is 12.8. The molecule has 0 spiro atoms. The summed E-state index contributed by atoms with van der Waals surface area (Å²) in [5.74, 6) is 1.03. The monoisotopic (exact) mass is 257 g/mol. The molecule has 2 nitrogen and oxygen atoms in total. The van der Waals surface area contributed by atoms with E-state index in [9.17, 15) is 4.79 Å². The van der Waals surface area contributed by atoms with Crippen molar-refractivity contribution in [1.29, 1.82) is 0 Å². The molecule has 2 aliphatic heterocycles. The highest BCUT2D eigenvalue weighted by Crippen LogP contribution is 2.47. The number of carbonyl (C=O) groups excluding carboxylic acids is 1. The van der Waals surface area contributed by atoms with Crippen LogP contribution in [0, 0.1) is 5.92 Å². The molecule has 3 unspecified atom stereocenters. The lowest BCUT2D eigenvalue weighted by Gasteiger charge is -2.52. The molecule has 0 aromatic heterocycles. The number of carbonyl (C=O) groups is 1. The van der Waals surface area contributed by atoms with Crippen LogP contribution in [0.15, 0.2) is 23.4 Å². The van der Waals surface area contributed by atoms with E-state index in [0.29, 0.717) is 23.8 Å². The highest BCUT2D eigenvalue weighted by atomic mass is 16.1. The molecule has 0 saturated heterocycles. The maximum Gasteiger partial charge on any atom is 0.159 e. The highest BCUT2D eigenvalue weighted by Gasteiger charge is 2.43. The van der Waals surface area contributed by atoms with E-state index in [-0.39, 0.29) is 0 Å². The summed E-state index contributed by atoms with van der Waals surface area (Å²) in [7, 11) is 0. The fourth-order valence-electron chi connectivity index (χ4n) is 4.90. The van der Waals surface area contributed by atoms with Crippen molar-refractivity contribution in [3.63, 3.8) is 0 Å². The Bertz CT molecular complexity index is 462. The number of ketones is 1. The zero-order valence-corrected chi connectivity index (χ0v) is 11.6. The molecular formula is C17H23NO. The van der Waals surface area contributed by atoms with Gasteiger partial charge in [-0.2, -0.15) is 0 Å². The average Bonchev–Trinajstić information content (AvgIpc) is 2.47. The lowest BCUT2D eigenvalue weighted by Crippen LogP contribution is -2.53. The first-order chi connectivity index (χ1) is 9.34. The molecule has 102 valence electrons. The normalized spacial score (nSPS) is 37.8. The summed E-state index contributed by atoms with van der Waals surface area (Å²) < 4.78 is 0. The molecule has 0 amide bonds. The van der Waals surface area contributed by atoms with Crippen LogP contribution >= 0.6 is 0 Å². The second-order valence-corrected chi connectivity index (χ2v) is 6.67. The fraction of sp³-hybridized carbons (Fsp3) is 0.706. The highest BCUT2D eigenvalue weighted by molar-refractivity contribution is 5.91. The molecule has 2 fully saturated rings. The smallest absolute Gasteiger partial charge is 0.159 e. The van der Waals surface area contributed by atoms with Gasteiger partial charge in [0.2, 0.25) is 0 Å². The minimum atomic E-state index is 0.338. The summed E-state index contributed by atoms with van der Waals surface area (Å²) >= 11 is 0. The minimum Gasteiger partial charge on any atom is -0.367 e. The Kier molecular flexibility index (Phi) is 2.78. The molecule has 0 aromatic rings. The molecule has 3 atom stereocenters. The van der Waals surface area contributed by atoms with Crippen molar-refractivity contribution in [2.45, 2.75) is 69.9 Å². The maximum absolute atomic E-state index is 11.8. The predicted octanol–water partition coefficient (Wildman–Crippen LogP) is 3.59. The van der Waals surface area contributed by atoms with Gasteiger partial charge in [-0.3, -0.25) is 4.79 Å². The Morgan fingerprint density at radius 1 is 1.00 bits per heavy atom. The van der Waals surface area contributed by atoms with Crippen molar-refractivity contribution >= 4 is 5.78 Å². The van der Waals surface area contributed by atoms with Gasteiger partial charge in [0.15, 0.2) is 5.78 Å². The lowest BCUT2D eigenvalue weighted by atomic mass is 9.68. The summed E-state index contributed by atoms with van der Waals surface area (Å²) in [6.45, 7) is 0. The van der Waals surface area contributed by atoms with E-state index in [4.69, 9.17) is 0 Å². The van der Waals surface area contributed by atoms with E-state index in [0.717, 1.165) is 6.42 Å². The van der Waals surface area contributed by atoms with Gasteiger partial charge >= 0.3 is 0 Å². The first-order valence-corrected chi connectivity index (χ1v) is 8.05. The van der Waals surface area contributed by atoms with E-state index in [1.54, 1.807) is 11.1 Å². The third-order valence-corrected chi connectivity index (χ3v) is 5.70. The third-order valence-electron chi connectivity index (χ3n) is 5.70. The third kappa shape index (κ3) is 1.79. The quantitative estimate of drug-likeness (QED) is 0.618. The standard InChI is InChI=1S/C17H23NO/c19-12-9-10-18-16-8-4-3-6-14(16)13-5-1-2-7-15(13)17(18)11-12/h9-10,15-17H,1-8,11H2. The molecule has 2 aliphatic carbocycles. The average molecular weight is 257 g/mol. The van der Waals surface area contributed by atoms with E-state index < -0.39 is 0 Å². The second kappa shape index (κ2) is 4.50. The van der Waals surface area contributed by atoms with Crippen LogP contribution in [-0.4, -0.2) is 22.8 Å². The summed E-state index contributed by atoms with van der Waals surface area (Å²) in [6.07, 6.45) is 15.4. The van der Waals surface area contributed by atoms with E-state index in [2.05, 4.69) is 11.1 Å². The van der Waals surface area contributed by atoms with Gasteiger partial charge in [-0.15, -0.1) is 0 Å². The van der Waals surface area contributed by atoms with Gasteiger partial charge in [-0.25, -0.2) is 0 Å². The van der Waals surface area contributed by atoms with Crippen molar-refractivity contribution in [1.82, 2.24) is 4.90 Å². The molecule has 2 saturated carbocycles. The molecule has 0 N–H and O–H groups in total. The number of fused-ring (bicyclic) bond motifs is 5. The second-order valence-electron chi connectivity index (χ2n) is 6.67. The van der Waals surface area contributed by atoms with Gasteiger partial charge in [0.1, 0.15) is 0 Å². The number of hydrogen-bond acceptors (Lipinski definition) is 2. The maximum atomic E-state index is 11.8. The fourth-order valence-corrected chi connectivity index (χ4v) is 4.90. The van der Waals surface area contributed by atoms with Crippen LogP contribution in [0.4, 0.5) is 0 Å². The first-order valence-electron chi connectivity index (χ1n) is 8.05. The molecule has 4 aliphatic rings. The first kappa shape index (κ1) is 11.7. The van der Waals surface area contributed by atoms with E-state index in [1.807, 2.05) is 6.08 Å². The Morgan fingerprint density at radius 3 is 2.68 bits per heavy atom. The Morgan fingerprint density at radius 2 is 1.79 bits per heavy atom. The number of nitrogens with zero attached hydrogens (tertiary/aromatic N) is 1. The molecule has 2 heteroatoms. The van der Waals surface area contributed by atoms with Crippen LogP contribution in [0.1, 0.15) is 57.8 Å². The van der Waals surface area contributed by atoms with Crippen molar-refractivity contribution < 1.29 is 4.79 Å². The summed E-state index contributed by atoms with van der Waals surface area (Å²) in [5, 5.41) is 0. The van der Waals surface area contributed by atoms with Gasteiger partial charge in [-0.1, -0.05) is 18.4 Å².